The van der Waals surface area contributed by atoms with E-state index < -0.39 is 23.9 Å². The molecule has 2 saturated heterocycles. The van der Waals surface area contributed by atoms with Crippen LogP contribution in [-0.2, 0) is 20.6 Å². The highest BCUT2D eigenvalue weighted by Gasteiger charge is 2.61. The van der Waals surface area contributed by atoms with Crippen molar-refractivity contribution in [2.75, 3.05) is 55.1 Å². The van der Waals surface area contributed by atoms with Crippen LogP contribution in [0.25, 0.3) is 0 Å². The van der Waals surface area contributed by atoms with E-state index in [2.05, 4.69) is 6.07 Å². The van der Waals surface area contributed by atoms with Gasteiger partial charge in [-0.25, -0.2) is 0 Å². The van der Waals surface area contributed by atoms with Gasteiger partial charge in [0.05, 0.1) is 53.2 Å². The number of para-hydroxylation sites is 1. The van der Waals surface area contributed by atoms with E-state index in [1.54, 1.807) is 46.6 Å². The SMILES string of the molecule is COC[C@@H]1Cc2cc([C@@H]3OC[C@]4(O)[C@@H](Oc5c(OC)cccc5OC)OC[C@H]34)c(OC)cc2O[C@H]1c1ccc2c(c1)OCO2. The Labute approximate surface area is 255 Å². The van der Waals surface area contributed by atoms with E-state index in [0.717, 1.165) is 28.2 Å². The molecule has 0 spiro atoms. The van der Waals surface area contributed by atoms with E-state index in [4.69, 9.17) is 47.4 Å². The predicted molar refractivity (Wildman–Crippen MR) is 155 cm³/mol. The van der Waals surface area contributed by atoms with E-state index in [1.165, 1.54) is 0 Å². The number of methoxy groups -OCH3 is 4. The molecule has 4 aliphatic rings. The van der Waals surface area contributed by atoms with Crippen LogP contribution in [0.4, 0.5) is 0 Å². The Balaban J connectivity index is 1.17. The summed E-state index contributed by atoms with van der Waals surface area (Å²) in [4.78, 5) is 0. The molecule has 0 unspecified atom stereocenters. The van der Waals surface area contributed by atoms with Crippen molar-refractivity contribution in [3.8, 4) is 40.2 Å². The van der Waals surface area contributed by atoms with Crippen molar-refractivity contribution in [1.82, 2.24) is 0 Å². The van der Waals surface area contributed by atoms with Crippen LogP contribution < -0.4 is 33.2 Å². The first-order valence-electron chi connectivity index (χ1n) is 14.6. The molecule has 0 aromatic heterocycles. The zero-order valence-electron chi connectivity index (χ0n) is 25.1. The van der Waals surface area contributed by atoms with E-state index in [0.29, 0.717) is 41.8 Å². The van der Waals surface area contributed by atoms with Crippen molar-refractivity contribution in [3.05, 3.63) is 65.2 Å². The van der Waals surface area contributed by atoms with Crippen molar-refractivity contribution in [1.29, 1.82) is 0 Å². The van der Waals surface area contributed by atoms with Crippen molar-refractivity contribution in [3.63, 3.8) is 0 Å². The summed E-state index contributed by atoms with van der Waals surface area (Å²) in [6, 6.07) is 15.2. The minimum Gasteiger partial charge on any atom is -0.496 e. The largest absolute Gasteiger partial charge is 0.496 e. The molecule has 11 nitrogen and oxygen atoms in total. The van der Waals surface area contributed by atoms with Gasteiger partial charge in [-0.2, -0.15) is 0 Å². The Bertz CT molecular complexity index is 1500. The lowest BCUT2D eigenvalue weighted by Crippen LogP contribution is -2.47. The topological polar surface area (TPSA) is 113 Å². The van der Waals surface area contributed by atoms with Crippen LogP contribution in [-0.4, -0.2) is 72.1 Å². The van der Waals surface area contributed by atoms with E-state index in [9.17, 15) is 5.11 Å². The molecule has 11 heteroatoms. The first-order valence-corrected chi connectivity index (χ1v) is 14.6. The fraction of sp³-hybridized carbons (Fsp3) is 0.455. The maximum absolute atomic E-state index is 11.9. The summed E-state index contributed by atoms with van der Waals surface area (Å²) in [6.07, 6.45) is -1.05. The second-order valence-corrected chi connectivity index (χ2v) is 11.4. The molecular weight excluding hydrogens is 572 g/mol. The van der Waals surface area contributed by atoms with Gasteiger partial charge in [0.25, 0.3) is 0 Å². The molecule has 0 amide bonds. The highest BCUT2D eigenvalue weighted by Crippen LogP contribution is 2.53. The fourth-order valence-corrected chi connectivity index (χ4v) is 6.71. The molecule has 0 aliphatic carbocycles. The monoisotopic (exact) mass is 608 g/mol. The molecule has 3 aromatic rings. The van der Waals surface area contributed by atoms with Gasteiger partial charge in [-0.1, -0.05) is 12.1 Å². The maximum atomic E-state index is 11.9. The van der Waals surface area contributed by atoms with Gasteiger partial charge < -0.3 is 52.5 Å². The third-order valence-corrected chi connectivity index (χ3v) is 8.93. The average Bonchev–Trinajstić information content (AvgIpc) is 3.74. The van der Waals surface area contributed by atoms with Crippen LogP contribution >= 0.6 is 0 Å². The number of hydrogen-bond acceptors (Lipinski definition) is 11. The first-order chi connectivity index (χ1) is 21.5. The van der Waals surface area contributed by atoms with Crippen LogP contribution in [0.3, 0.4) is 0 Å². The first kappa shape index (κ1) is 28.8. The van der Waals surface area contributed by atoms with Crippen LogP contribution in [0.5, 0.6) is 40.2 Å². The van der Waals surface area contributed by atoms with Crippen LogP contribution in [0.2, 0.25) is 0 Å². The van der Waals surface area contributed by atoms with Crippen LogP contribution in [0, 0.1) is 11.8 Å². The van der Waals surface area contributed by atoms with Gasteiger partial charge in [0.2, 0.25) is 18.8 Å². The summed E-state index contributed by atoms with van der Waals surface area (Å²) in [5.41, 5.74) is 1.38. The Hall–Kier alpha value is -3.90. The zero-order valence-corrected chi connectivity index (χ0v) is 25.1. The van der Waals surface area contributed by atoms with Gasteiger partial charge in [0, 0.05) is 24.7 Å². The maximum Gasteiger partial charge on any atom is 0.232 e. The van der Waals surface area contributed by atoms with Crippen molar-refractivity contribution < 1.29 is 52.5 Å². The minimum absolute atomic E-state index is 0.0136. The molecule has 234 valence electrons. The number of fused-ring (bicyclic) bond motifs is 3. The molecule has 3 aromatic carbocycles. The summed E-state index contributed by atoms with van der Waals surface area (Å²) < 4.78 is 58.7. The van der Waals surface area contributed by atoms with Gasteiger partial charge in [-0.05, 0) is 47.9 Å². The lowest BCUT2D eigenvalue weighted by molar-refractivity contribution is -0.153. The normalized spacial score (nSPS) is 28.2. The molecule has 0 saturated carbocycles. The van der Waals surface area contributed by atoms with Gasteiger partial charge >= 0.3 is 0 Å². The second-order valence-electron chi connectivity index (χ2n) is 11.4. The number of ether oxygens (including phenoxy) is 10. The standard InChI is InChI=1S/C33H36O11/c1-35-14-20-10-19-11-21(27(38-4)13-26(19)43-29(20)18-8-9-23-28(12-18)42-17-41-23)30-22-15-39-32(33(22,34)16-40-30)44-31-24(36-2)6-5-7-25(31)37-3/h5-9,11-13,20,22,29-30,32,34H,10,14-17H2,1-4H3/t20-,22+,29-,30-,32+,33+/m0/s1. The summed E-state index contributed by atoms with van der Waals surface area (Å²) >= 11 is 0. The van der Waals surface area contributed by atoms with Crippen LogP contribution in [0.15, 0.2) is 48.5 Å². The third-order valence-electron chi connectivity index (χ3n) is 8.93. The molecule has 0 bridgehead atoms. The van der Waals surface area contributed by atoms with Gasteiger partial charge in [0.15, 0.2) is 28.6 Å². The van der Waals surface area contributed by atoms with Gasteiger partial charge in [-0.15, -0.1) is 0 Å². The van der Waals surface area contributed by atoms with Gasteiger partial charge in [-0.3, -0.25) is 0 Å². The lowest BCUT2D eigenvalue weighted by atomic mass is 9.83. The summed E-state index contributed by atoms with van der Waals surface area (Å²) in [5.74, 6) is 3.67. The number of hydrogen-bond donors (Lipinski definition) is 1. The molecule has 6 atom stereocenters. The Morgan fingerprint density at radius 3 is 2.36 bits per heavy atom. The highest BCUT2D eigenvalue weighted by molar-refractivity contribution is 5.53. The van der Waals surface area contributed by atoms with E-state index >= 15 is 0 Å². The van der Waals surface area contributed by atoms with Gasteiger partial charge in [0.1, 0.15) is 17.6 Å². The number of aliphatic hydroxyl groups is 1. The smallest absolute Gasteiger partial charge is 0.232 e. The molecular formula is C33H36O11. The Morgan fingerprint density at radius 1 is 0.841 bits per heavy atom. The molecule has 7 rings (SSSR count). The quantitative estimate of drug-likeness (QED) is 0.377. The Morgan fingerprint density at radius 2 is 1.61 bits per heavy atom. The summed E-state index contributed by atoms with van der Waals surface area (Å²) in [7, 11) is 6.40. The van der Waals surface area contributed by atoms with Crippen LogP contribution in [0.1, 0.15) is 28.9 Å². The van der Waals surface area contributed by atoms with E-state index in [1.807, 2.05) is 24.3 Å². The number of benzene rings is 3. The molecule has 44 heavy (non-hydrogen) atoms. The fourth-order valence-electron chi connectivity index (χ4n) is 6.71. The average molecular weight is 609 g/mol. The zero-order chi connectivity index (χ0) is 30.4. The molecule has 1 N–H and O–H groups in total. The van der Waals surface area contributed by atoms with E-state index in [-0.39, 0.29) is 32.0 Å². The van der Waals surface area contributed by atoms with Crippen molar-refractivity contribution >= 4 is 0 Å². The van der Waals surface area contributed by atoms with Crippen molar-refractivity contribution in [2.45, 2.75) is 30.5 Å². The van der Waals surface area contributed by atoms with Crippen molar-refractivity contribution in [2.24, 2.45) is 11.8 Å². The highest BCUT2D eigenvalue weighted by atomic mass is 16.7. The molecule has 4 heterocycles. The Kier molecular flexibility index (Phi) is 7.57. The third kappa shape index (κ3) is 4.75. The minimum atomic E-state index is -1.42. The lowest BCUT2D eigenvalue weighted by Gasteiger charge is -2.35. The number of rotatable bonds is 9. The molecule has 0 radical (unpaired) electrons. The predicted octanol–water partition coefficient (Wildman–Crippen LogP) is 4.23. The molecule has 2 fully saturated rings. The summed E-state index contributed by atoms with van der Waals surface area (Å²) in [6.45, 7) is 0.945. The second kappa shape index (κ2) is 11.6. The molecule has 4 aliphatic heterocycles. The summed E-state index contributed by atoms with van der Waals surface area (Å²) in [5, 5.41) is 11.9.